The maximum Gasteiger partial charge on any atom is 0.0999 e. The highest BCUT2D eigenvalue weighted by Gasteiger charge is 2.12. The lowest BCUT2D eigenvalue weighted by Gasteiger charge is -1.96. The van der Waals surface area contributed by atoms with Gasteiger partial charge in [-0.2, -0.15) is 5.26 Å². The highest BCUT2D eigenvalue weighted by molar-refractivity contribution is 5.77. The molecule has 0 saturated heterocycles. The molecule has 2 heteroatoms. The predicted molar refractivity (Wildman–Crippen MR) is 44.5 cm³/mol. The summed E-state index contributed by atoms with van der Waals surface area (Å²) in [5, 5.41) is 8.73. The molecule has 2 aliphatic rings. The SMILES string of the molecule is [CH2]c1cc(C#N)c2coccc1-2. The van der Waals surface area contributed by atoms with E-state index in [0.717, 1.165) is 16.7 Å². The van der Waals surface area contributed by atoms with Crippen molar-refractivity contribution in [1.82, 2.24) is 0 Å². The van der Waals surface area contributed by atoms with Crippen molar-refractivity contribution in [3.05, 3.63) is 42.7 Å². The molecule has 0 saturated carbocycles. The Balaban J connectivity index is 2.81. The second-order valence-electron chi connectivity index (χ2n) is 2.58. The molecule has 0 N–H and O–H groups in total. The van der Waals surface area contributed by atoms with Gasteiger partial charge in [-0.15, -0.1) is 0 Å². The zero-order valence-electron chi connectivity index (χ0n) is 6.37. The highest BCUT2D eigenvalue weighted by Crippen LogP contribution is 2.30. The fourth-order valence-corrected chi connectivity index (χ4v) is 1.28. The average molecular weight is 156 g/mol. The molecule has 12 heavy (non-hydrogen) atoms. The summed E-state index contributed by atoms with van der Waals surface area (Å²) < 4.78 is 4.97. The van der Waals surface area contributed by atoms with E-state index in [9.17, 15) is 0 Å². The Bertz CT molecular complexity index is 422. The van der Waals surface area contributed by atoms with Crippen LogP contribution in [0.15, 0.2) is 29.1 Å². The van der Waals surface area contributed by atoms with Crippen LogP contribution in [-0.4, -0.2) is 0 Å². The van der Waals surface area contributed by atoms with E-state index in [1.54, 1.807) is 18.6 Å². The molecule has 0 amide bonds. The zero-order valence-corrected chi connectivity index (χ0v) is 6.37. The summed E-state index contributed by atoms with van der Waals surface area (Å²) in [4.78, 5) is 0. The normalized spacial score (nSPS) is 10.0. The summed E-state index contributed by atoms with van der Waals surface area (Å²) in [7, 11) is 0. The van der Waals surface area contributed by atoms with E-state index in [0.29, 0.717) is 5.56 Å². The van der Waals surface area contributed by atoms with Crippen LogP contribution in [0.25, 0.3) is 11.1 Å². The molecule has 0 aromatic rings. The summed E-state index contributed by atoms with van der Waals surface area (Å²) in [5.74, 6) is 0. The van der Waals surface area contributed by atoms with Crippen LogP contribution in [0.2, 0.25) is 0 Å². The van der Waals surface area contributed by atoms with E-state index in [1.165, 1.54) is 0 Å². The van der Waals surface area contributed by atoms with Crippen LogP contribution in [-0.2, 0) is 0 Å². The molecule has 1 aliphatic carbocycles. The first-order valence-electron chi connectivity index (χ1n) is 3.54. The summed E-state index contributed by atoms with van der Waals surface area (Å²) in [6.45, 7) is 3.82. The number of hydrogen-bond acceptors (Lipinski definition) is 2. The van der Waals surface area contributed by atoms with Gasteiger partial charge in [0.1, 0.15) is 0 Å². The predicted octanol–water partition coefficient (Wildman–Crippen LogP) is 2.44. The molecule has 0 unspecified atom stereocenters. The number of hydrogen-bond donors (Lipinski definition) is 0. The molecule has 0 atom stereocenters. The third-order valence-corrected chi connectivity index (χ3v) is 1.86. The van der Waals surface area contributed by atoms with Crippen LogP contribution in [0.5, 0.6) is 0 Å². The van der Waals surface area contributed by atoms with Crippen LogP contribution < -0.4 is 0 Å². The molecule has 57 valence electrons. The third-order valence-electron chi connectivity index (χ3n) is 1.86. The second kappa shape index (κ2) is 2.38. The third kappa shape index (κ3) is 0.802. The fraction of sp³-hybridized carbons (Fsp3) is 0. The molecule has 1 radical (unpaired) electrons. The van der Waals surface area contributed by atoms with Gasteiger partial charge in [-0.05, 0) is 30.2 Å². The molecule has 2 nitrogen and oxygen atoms in total. The maximum atomic E-state index is 8.73. The van der Waals surface area contributed by atoms with Crippen molar-refractivity contribution in [2.75, 3.05) is 0 Å². The monoisotopic (exact) mass is 156 g/mol. The Morgan fingerprint density at radius 3 is 3.00 bits per heavy atom. The Morgan fingerprint density at radius 2 is 2.25 bits per heavy atom. The molecule has 1 heterocycles. The van der Waals surface area contributed by atoms with Gasteiger partial charge in [0, 0.05) is 5.56 Å². The lowest BCUT2D eigenvalue weighted by molar-refractivity contribution is 0.552. The molecule has 0 aromatic carbocycles. The first kappa shape index (κ1) is 6.93. The Hall–Kier alpha value is -1.75. The van der Waals surface area contributed by atoms with Gasteiger partial charge in [-0.25, -0.2) is 0 Å². The van der Waals surface area contributed by atoms with E-state index < -0.39 is 0 Å². The van der Waals surface area contributed by atoms with Gasteiger partial charge in [-0.1, -0.05) is 0 Å². The molecule has 0 fully saturated rings. The minimum Gasteiger partial charge on any atom is -0.472 e. The Kier molecular flexibility index (Phi) is 1.38. The van der Waals surface area contributed by atoms with Crippen LogP contribution >= 0.6 is 0 Å². The van der Waals surface area contributed by atoms with Gasteiger partial charge in [0.05, 0.1) is 24.2 Å². The minimum absolute atomic E-state index is 0.624. The first-order valence-corrected chi connectivity index (χ1v) is 3.54. The highest BCUT2D eigenvalue weighted by atomic mass is 16.3. The van der Waals surface area contributed by atoms with Crippen molar-refractivity contribution in [2.24, 2.45) is 0 Å². The maximum absolute atomic E-state index is 8.73. The summed E-state index contributed by atoms with van der Waals surface area (Å²) in [6.07, 6.45) is 3.15. The lowest BCUT2D eigenvalue weighted by Crippen LogP contribution is -1.75. The average Bonchev–Trinajstić information content (AvgIpc) is 2.44. The van der Waals surface area contributed by atoms with Crippen molar-refractivity contribution in [3.8, 4) is 17.2 Å². The van der Waals surface area contributed by atoms with Crippen molar-refractivity contribution in [2.45, 2.75) is 0 Å². The molecular weight excluding hydrogens is 150 g/mol. The number of rotatable bonds is 0. The van der Waals surface area contributed by atoms with Crippen molar-refractivity contribution < 1.29 is 4.42 Å². The number of nitrogens with zero attached hydrogens (tertiary/aromatic N) is 1. The lowest BCUT2D eigenvalue weighted by atomic mass is 10.1. The van der Waals surface area contributed by atoms with E-state index in [2.05, 4.69) is 13.0 Å². The van der Waals surface area contributed by atoms with Gasteiger partial charge in [0.2, 0.25) is 0 Å². The molecule has 0 spiro atoms. The fourth-order valence-electron chi connectivity index (χ4n) is 1.28. The van der Waals surface area contributed by atoms with E-state index in [1.807, 2.05) is 6.07 Å². The molecule has 0 aromatic heterocycles. The van der Waals surface area contributed by atoms with Crippen molar-refractivity contribution in [3.63, 3.8) is 0 Å². The van der Waals surface area contributed by atoms with E-state index in [-0.39, 0.29) is 0 Å². The zero-order chi connectivity index (χ0) is 8.55. The molecule has 0 bridgehead atoms. The van der Waals surface area contributed by atoms with Crippen LogP contribution in [0.3, 0.4) is 0 Å². The van der Waals surface area contributed by atoms with Crippen molar-refractivity contribution in [1.29, 1.82) is 5.26 Å². The van der Waals surface area contributed by atoms with Gasteiger partial charge in [-0.3, -0.25) is 0 Å². The minimum atomic E-state index is 0.624. The molecular formula is C10H6NO. The second-order valence-corrected chi connectivity index (χ2v) is 2.58. The summed E-state index contributed by atoms with van der Waals surface area (Å²) in [5.41, 5.74) is 3.32. The Morgan fingerprint density at radius 1 is 1.42 bits per heavy atom. The van der Waals surface area contributed by atoms with Crippen LogP contribution in [0.1, 0.15) is 11.1 Å². The largest absolute Gasteiger partial charge is 0.472 e. The topological polar surface area (TPSA) is 36.9 Å². The number of fused-ring (bicyclic) bond motifs is 1. The Labute approximate surface area is 70.4 Å². The molecule has 1 aliphatic heterocycles. The van der Waals surface area contributed by atoms with Gasteiger partial charge >= 0.3 is 0 Å². The van der Waals surface area contributed by atoms with Crippen LogP contribution in [0.4, 0.5) is 0 Å². The first-order chi connectivity index (χ1) is 5.83. The van der Waals surface area contributed by atoms with Gasteiger partial charge in [0.15, 0.2) is 0 Å². The van der Waals surface area contributed by atoms with E-state index in [4.69, 9.17) is 9.68 Å². The summed E-state index contributed by atoms with van der Waals surface area (Å²) >= 11 is 0. The van der Waals surface area contributed by atoms with Crippen LogP contribution in [0, 0.1) is 18.3 Å². The quantitative estimate of drug-likeness (QED) is 0.587. The smallest absolute Gasteiger partial charge is 0.0999 e. The standard InChI is InChI=1S/C10H6NO/c1-7-4-8(5-11)10-6-12-3-2-9(7)10/h2-4,6H,1H2. The van der Waals surface area contributed by atoms with Crippen molar-refractivity contribution >= 4 is 0 Å². The van der Waals surface area contributed by atoms with Gasteiger partial charge < -0.3 is 4.42 Å². The summed E-state index contributed by atoms with van der Waals surface area (Å²) in [6, 6.07) is 5.67. The number of nitriles is 1. The van der Waals surface area contributed by atoms with Gasteiger partial charge in [0.25, 0.3) is 0 Å². The van der Waals surface area contributed by atoms with E-state index >= 15 is 0 Å². The molecule has 2 rings (SSSR count).